The van der Waals surface area contributed by atoms with Crippen LogP contribution >= 0.6 is 0 Å². The van der Waals surface area contributed by atoms with Crippen molar-refractivity contribution in [2.45, 2.75) is 45.1 Å². The number of nitrogens with zero attached hydrogens (tertiary/aromatic N) is 1. The van der Waals surface area contributed by atoms with E-state index in [-0.39, 0.29) is 17.4 Å². The first-order valence-electron chi connectivity index (χ1n) is 8.23. The van der Waals surface area contributed by atoms with Crippen LogP contribution in [0.4, 0.5) is 0 Å². The molecule has 1 aliphatic rings. The molecule has 130 valence electrons. The molecule has 5 heteroatoms. The van der Waals surface area contributed by atoms with Crippen LogP contribution in [0.5, 0.6) is 5.75 Å². The zero-order valence-corrected chi connectivity index (χ0v) is 14.5. The maximum absolute atomic E-state index is 11.9. The van der Waals surface area contributed by atoms with Crippen LogP contribution in [0.1, 0.15) is 39.2 Å². The first kappa shape index (κ1) is 18.0. The molecule has 1 N–H and O–H groups in total. The van der Waals surface area contributed by atoms with Gasteiger partial charge in [0.2, 0.25) is 5.91 Å². The minimum absolute atomic E-state index is 0.00882. The number of carbonyl (C=O) groups is 2. The smallest absolute Gasteiger partial charge is 0.328 e. The lowest BCUT2D eigenvalue weighted by Gasteiger charge is -2.33. The predicted molar refractivity (Wildman–Crippen MR) is 92.1 cm³/mol. The summed E-state index contributed by atoms with van der Waals surface area (Å²) in [5.41, 5.74) is 1.18. The van der Waals surface area contributed by atoms with Crippen molar-refractivity contribution >= 4 is 11.9 Å². The highest BCUT2D eigenvalue weighted by Gasteiger charge is 2.25. The molecule has 1 aromatic rings. The van der Waals surface area contributed by atoms with Crippen molar-refractivity contribution in [2.24, 2.45) is 0 Å². The van der Waals surface area contributed by atoms with E-state index >= 15 is 0 Å². The second-order valence-electron chi connectivity index (χ2n) is 7.06. The van der Waals surface area contributed by atoms with E-state index in [1.807, 2.05) is 18.2 Å². The van der Waals surface area contributed by atoms with Gasteiger partial charge in [0.25, 0.3) is 0 Å². The fraction of sp³-hybridized carbons (Fsp3) is 0.474. The average Bonchev–Trinajstić information content (AvgIpc) is 2.53. The molecule has 0 spiro atoms. The molecule has 1 saturated heterocycles. The van der Waals surface area contributed by atoms with Gasteiger partial charge >= 0.3 is 5.97 Å². The first-order chi connectivity index (χ1) is 11.3. The van der Waals surface area contributed by atoms with E-state index in [1.54, 1.807) is 4.90 Å². The lowest BCUT2D eigenvalue weighted by Crippen LogP contribution is -2.41. The number of carboxylic acids is 1. The van der Waals surface area contributed by atoms with Gasteiger partial charge in [0.15, 0.2) is 0 Å². The summed E-state index contributed by atoms with van der Waals surface area (Å²) in [6.45, 7) is 7.62. The van der Waals surface area contributed by atoms with Crippen LogP contribution in [0.25, 0.3) is 0 Å². The molecule has 0 saturated carbocycles. The quantitative estimate of drug-likeness (QED) is 0.861. The normalized spacial score (nSPS) is 16.4. The fourth-order valence-electron chi connectivity index (χ4n) is 2.81. The monoisotopic (exact) mass is 331 g/mol. The summed E-state index contributed by atoms with van der Waals surface area (Å²) >= 11 is 0. The lowest BCUT2D eigenvalue weighted by molar-refractivity contribution is -0.132. The fourth-order valence-corrected chi connectivity index (χ4v) is 2.81. The standard InChI is InChI=1S/C19H25NO4/c1-19(2,3)15-6-4-5-7-16(15)24-14-10-12-20(13-11-14)17(21)8-9-18(22)23/h4-9,14H,10-13H2,1-3H3,(H,22,23)/b9-8+. The predicted octanol–water partition coefficient (Wildman–Crippen LogP) is 2.99. The Hall–Kier alpha value is -2.30. The summed E-state index contributed by atoms with van der Waals surface area (Å²) in [6.07, 6.45) is 3.54. The average molecular weight is 331 g/mol. The highest BCUT2D eigenvalue weighted by Crippen LogP contribution is 2.32. The van der Waals surface area contributed by atoms with Crippen molar-refractivity contribution in [1.82, 2.24) is 4.90 Å². The second kappa shape index (κ2) is 7.51. The highest BCUT2D eigenvalue weighted by molar-refractivity contribution is 5.93. The third-order valence-electron chi connectivity index (χ3n) is 4.11. The van der Waals surface area contributed by atoms with Crippen molar-refractivity contribution in [3.8, 4) is 5.75 Å². The van der Waals surface area contributed by atoms with Crippen LogP contribution in [-0.4, -0.2) is 41.1 Å². The summed E-state index contributed by atoms with van der Waals surface area (Å²) in [5.74, 6) is -0.466. The molecule has 2 rings (SSSR count). The Morgan fingerprint density at radius 3 is 2.38 bits per heavy atom. The number of piperidine rings is 1. The molecule has 1 aromatic carbocycles. The number of hydrogen-bond donors (Lipinski definition) is 1. The summed E-state index contributed by atoms with van der Waals surface area (Å²) in [5, 5.41) is 8.58. The molecule has 1 aliphatic heterocycles. The summed E-state index contributed by atoms with van der Waals surface area (Å²) in [7, 11) is 0. The molecule has 0 aliphatic carbocycles. The molecule has 1 heterocycles. The lowest BCUT2D eigenvalue weighted by atomic mass is 9.86. The van der Waals surface area contributed by atoms with Gasteiger partial charge in [0, 0.05) is 38.1 Å². The molecule has 1 fully saturated rings. The molecule has 24 heavy (non-hydrogen) atoms. The Labute approximate surface area is 142 Å². The van der Waals surface area contributed by atoms with Crippen molar-refractivity contribution in [1.29, 1.82) is 0 Å². The second-order valence-corrected chi connectivity index (χ2v) is 7.06. The minimum atomic E-state index is -1.11. The summed E-state index contributed by atoms with van der Waals surface area (Å²) in [4.78, 5) is 24.0. The van der Waals surface area contributed by atoms with E-state index in [2.05, 4.69) is 26.8 Å². The van der Waals surface area contributed by atoms with Gasteiger partial charge in [-0.2, -0.15) is 0 Å². The number of ether oxygens (including phenoxy) is 1. The van der Waals surface area contributed by atoms with Crippen LogP contribution in [0.3, 0.4) is 0 Å². The maximum Gasteiger partial charge on any atom is 0.328 e. The Bertz CT molecular complexity index is 622. The van der Waals surface area contributed by atoms with Gasteiger partial charge in [-0.05, 0) is 17.0 Å². The number of benzene rings is 1. The van der Waals surface area contributed by atoms with Crippen molar-refractivity contribution in [2.75, 3.05) is 13.1 Å². The molecular weight excluding hydrogens is 306 g/mol. The van der Waals surface area contributed by atoms with Crippen molar-refractivity contribution in [3.63, 3.8) is 0 Å². The van der Waals surface area contributed by atoms with E-state index in [1.165, 1.54) is 5.56 Å². The van der Waals surface area contributed by atoms with E-state index < -0.39 is 5.97 Å². The van der Waals surface area contributed by atoms with Crippen LogP contribution in [0.2, 0.25) is 0 Å². The number of carbonyl (C=O) groups excluding carboxylic acids is 1. The Morgan fingerprint density at radius 1 is 1.17 bits per heavy atom. The minimum Gasteiger partial charge on any atom is -0.490 e. The highest BCUT2D eigenvalue weighted by atomic mass is 16.5. The van der Waals surface area contributed by atoms with E-state index in [0.717, 1.165) is 30.7 Å². The molecule has 0 atom stereocenters. The Balaban J connectivity index is 1.95. The third kappa shape index (κ3) is 4.85. The first-order valence-corrected chi connectivity index (χ1v) is 8.23. The van der Waals surface area contributed by atoms with Crippen molar-refractivity contribution < 1.29 is 19.4 Å². The van der Waals surface area contributed by atoms with Gasteiger partial charge in [0.1, 0.15) is 11.9 Å². The maximum atomic E-state index is 11.9. The molecule has 5 nitrogen and oxygen atoms in total. The molecule has 1 amide bonds. The zero-order chi connectivity index (χ0) is 17.7. The largest absolute Gasteiger partial charge is 0.490 e. The number of likely N-dealkylation sites (tertiary alicyclic amines) is 1. The van der Waals surface area contributed by atoms with Crippen LogP contribution in [0.15, 0.2) is 36.4 Å². The van der Waals surface area contributed by atoms with E-state index in [9.17, 15) is 9.59 Å². The molecule has 0 unspecified atom stereocenters. The summed E-state index contributed by atoms with van der Waals surface area (Å²) in [6, 6.07) is 8.07. The topological polar surface area (TPSA) is 66.8 Å². The van der Waals surface area contributed by atoms with Crippen LogP contribution < -0.4 is 4.74 Å². The number of para-hydroxylation sites is 1. The van der Waals surface area contributed by atoms with Crippen LogP contribution in [0, 0.1) is 0 Å². The van der Waals surface area contributed by atoms with Gasteiger partial charge in [0.05, 0.1) is 0 Å². The summed E-state index contributed by atoms with van der Waals surface area (Å²) < 4.78 is 6.19. The van der Waals surface area contributed by atoms with Gasteiger partial charge in [-0.3, -0.25) is 4.79 Å². The Kier molecular flexibility index (Phi) is 5.65. The number of carboxylic acid groups (broad SMARTS) is 1. The Morgan fingerprint density at radius 2 is 1.79 bits per heavy atom. The van der Waals surface area contributed by atoms with Gasteiger partial charge in [-0.15, -0.1) is 0 Å². The van der Waals surface area contributed by atoms with Crippen molar-refractivity contribution in [3.05, 3.63) is 42.0 Å². The van der Waals surface area contributed by atoms with Gasteiger partial charge in [-0.25, -0.2) is 4.79 Å². The van der Waals surface area contributed by atoms with E-state index in [0.29, 0.717) is 13.1 Å². The number of aliphatic carboxylic acids is 1. The SMILES string of the molecule is CC(C)(C)c1ccccc1OC1CCN(C(=O)/C=C/C(=O)O)CC1. The van der Waals surface area contributed by atoms with Gasteiger partial charge < -0.3 is 14.7 Å². The van der Waals surface area contributed by atoms with Gasteiger partial charge in [-0.1, -0.05) is 39.0 Å². The third-order valence-corrected chi connectivity index (χ3v) is 4.11. The number of rotatable bonds is 4. The molecular formula is C19H25NO4. The molecule has 0 bridgehead atoms. The number of amides is 1. The van der Waals surface area contributed by atoms with E-state index in [4.69, 9.17) is 9.84 Å². The molecule has 0 aromatic heterocycles. The molecule has 0 radical (unpaired) electrons. The number of hydrogen-bond acceptors (Lipinski definition) is 3. The zero-order valence-electron chi connectivity index (χ0n) is 14.5. The van der Waals surface area contributed by atoms with Crippen LogP contribution in [-0.2, 0) is 15.0 Å².